The number of para-hydroxylation sites is 2. The highest BCUT2D eigenvalue weighted by Crippen LogP contribution is 2.63. The normalized spacial score (nSPS) is 17.3. The second-order valence-electron chi connectivity index (χ2n) is 13.4. The molecule has 0 amide bonds. The number of hydrogen-bond acceptors (Lipinski definition) is 4. The number of nitrogens with zero attached hydrogens (tertiary/aromatic N) is 3. The summed E-state index contributed by atoms with van der Waals surface area (Å²) in [5.41, 5.74) is 12.0. The molecule has 0 saturated carbocycles. The van der Waals surface area contributed by atoms with E-state index in [1.54, 1.807) is 0 Å². The standard InChI is InChI=1S/C47H33N3O/c1-3-15-31(16-4-1)29-33-30-42(32-17-5-2-6-18-32)50-46(49-33)37-22-14-28-48-44(37)36-21-13-26-41-45(36)51-43-27-12-11-25-40(43)47(41)38-23-9-7-19-34(38)35-20-8-10-24-39(35)47/h1-28,30,37,44H,29H2. The van der Waals surface area contributed by atoms with Crippen LogP contribution in [0.15, 0.2) is 175 Å². The molecule has 4 nitrogen and oxygen atoms in total. The quantitative estimate of drug-likeness (QED) is 0.185. The fourth-order valence-electron chi connectivity index (χ4n) is 8.46. The van der Waals surface area contributed by atoms with E-state index in [2.05, 4.69) is 152 Å². The van der Waals surface area contributed by atoms with Gasteiger partial charge in [0, 0.05) is 40.6 Å². The van der Waals surface area contributed by atoms with Crippen molar-refractivity contribution < 1.29 is 4.74 Å². The van der Waals surface area contributed by atoms with E-state index in [0.29, 0.717) is 6.42 Å². The highest BCUT2D eigenvalue weighted by molar-refractivity contribution is 5.88. The zero-order valence-electron chi connectivity index (χ0n) is 27.9. The molecule has 0 radical (unpaired) electrons. The van der Waals surface area contributed by atoms with E-state index in [1.165, 1.54) is 27.8 Å². The summed E-state index contributed by atoms with van der Waals surface area (Å²) in [5, 5.41) is 0. The van der Waals surface area contributed by atoms with Gasteiger partial charge in [0.15, 0.2) is 0 Å². The Bertz CT molecular complexity index is 2460. The third kappa shape index (κ3) is 4.64. The summed E-state index contributed by atoms with van der Waals surface area (Å²) < 4.78 is 7.02. The second kappa shape index (κ2) is 11.9. The lowest BCUT2D eigenvalue weighted by Crippen LogP contribution is -2.32. The Labute approximate surface area is 297 Å². The molecule has 4 heteroatoms. The van der Waals surface area contributed by atoms with Crippen molar-refractivity contribution in [3.63, 3.8) is 0 Å². The third-order valence-electron chi connectivity index (χ3n) is 10.6. The fraction of sp³-hybridized carbons (Fsp3) is 0.0851. The van der Waals surface area contributed by atoms with Gasteiger partial charge in [-0.25, -0.2) is 9.97 Å². The predicted molar refractivity (Wildman–Crippen MR) is 204 cm³/mol. The van der Waals surface area contributed by atoms with Gasteiger partial charge in [-0.1, -0.05) is 152 Å². The maximum Gasteiger partial charge on any atom is 0.138 e. The summed E-state index contributed by atoms with van der Waals surface area (Å²) in [4.78, 5) is 15.7. The molecule has 10 rings (SSSR count). The van der Waals surface area contributed by atoms with Crippen LogP contribution in [0.2, 0.25) is 0 Å². The third-order valence-corrected chi connectivity index (χ3v) is 10.6. The van der Waals surface area contributed by atoms with Gasteiger partial charge in [0.25, 0.3) is 0 Å². The number of aromatic nitrogens is 2. The molecule has 2 aliphatic heterocycles. The molecular weight excluding hydrogens is 623 g/mol. The summed E-state index contributed by atoms with van der Waals surface area (Å²) in [6.07, 6.45) is 6.83. The summed E-state index contributed by atoms with van der Waals surface area (Å²) >= 11 is 0. The maximum absolute atomic E-state index is 7.02. The van der Waals surface area contributed by atoms with Crippen molar-refractivity contribution >= 4 is 6.21 Å². The first-order chi connectivity index (χ1) is 25.3. The molecule has 7 aromatic rings. The number of allylic oxidation sites excluding steroid dienone is 1. The minimum Gasteiger partial charge on any atom is -0.456 e. The van der Waals surface area contributed by atoms with E-state index in [-0.39, 0.29) is 12.0 Å². The summed E-state index contributed by atoms with van der Waals surface area (Å²) in [6, 6.07) is 55.5. The van der Waals surface area contributed by atoms with Crippen LogP contribution < -0.4 is 4.74 Å². The molecule has 51 heavy (non-hydrogen) atoms. The van der Waals surface area contributed by atoms with E-state index >= 15 is 0 Å². The van der Waals surface area contributed by atoms with Crippen molar-refractivity contribution in [2.45, 2.75) is 23.8 Å². The molecule has 2 atom stereocenters. The molecule has 1 aliphatic carbocycles. The fourth-order valence-corrected chi connectivity index (χ4v) is 8.46. The van der Waals surface area contributed by atoms with Crippen LogP contribution in [0.25, 0.3) is 22.4 Å². The van der Waals surface area contributed by atoms with E-state index < -0.39 is 5.41 Å². The van der Waals surface area contributed by atoms with Crippen molar-refractivity contribution in [1.29, 1.82) is 0 Å². The molecule has 242 valence electrons. The molecule has 0 fully saturated rings. The van der Waals surface area contributed by atoms with Crippen LogP contribution in [-0.4, -0.2) is 16.2 Å². The minimum absolute atomic E-state index is 0.209. The number of fused-ring (bicyclic) bond motifs is 9. The summed E-state index contributed by atoms with van der Waals surface area (Å²) in [5.74, 6) is 2.26. The second-order valence-corrected chi connectivity index (χ2v) is 13.4. The zero-order valence-corrected chi connectivity index (χ0v) is 27.9. The van der Waals surface area contributed by atoms with E-state index in [4.69, 9.17) is 19.7 Å². The van der Waals surface area contributed by atoms with Crippen LogP contribution in [0.3, 0.4) is 0 Å². The maximum atomic E-state index is 7.02. The molecule has 1 spiro atoms. The first-order valence-corrected chi connectivity index (χ1v) is 17.6. The highest BCUT2D eigenvalue weighted by Gasteiger charge is 2.51. The summed E-state index contributed by atoms with van der Waals surface area (Å²) in [6.45, 7) is 0. The molecule has 0 bridgehead atoms. The number of benzene rings is 6. The largest absolute Gasteiger partial charge is 0.456 e. The van der Waals surface area contributed by atoms with E-state index in [0.717, 1.165) is 51.0 Å². The van der Waals surface area contributed by atoms with Crippen LogP contribution in [0.4, 0.5) is 0 Å². The van der Waals surface area contributed by atoms with Crippen LogP contribution in [-0.2, 0) is 11.8 Å². The van der Waals surface area contributed by atoms with Crippen molar-refractivity contribution in [2.75, 3.05) is 0 Å². The van der Waals surface area contributed by atoms with Gasteiger partial charge in [0.1, 0.15) is 17.3 Å². The molecule has 6 aromatic carbocycles. The molecule has 0 N–H and O–H groups in total. The number of hydrogen-bond donors (Lipinski definition) is 0. The van der Waals surface area contributed by atoms with Crippen molar-refractivity contribution in [2.24, 2.45) is 4.99 Å². The van der Waals surface area contributed by atoms with Crippen LogP contribution in [0, 0.1) is 0 Å². The first kappa shape index (κ1) is 29.5. The van der Waals surface area contributed by atoms with E-state index in [1.807, 2.05) is 24.4 Å². The van der Waals surface area contributed by atoms with Gasteiger partial charge < -0.3 is 4.74 Å². The SMILES string of the molecule is C1=CC(c2nc(Cc3ccccc3)cc(-c3ccccc3)n2)C(c2cccc3c2Oc2ccccc2C32c3ccccc3-c3ccccc32)N=C1. The monoisotopic (exact) mass is 655 g/mol. The summed E-state index contributed by atoms with van der Waals surface area (Å²) in [7, 11) is 0. The van der Waals surface area contributed by atoms with Gasteiger partial charge in [-0.3, -0.25) is 4.99 Å². The Hall–Kier alpha value is -6.39. The van der Waals surface area contributed by atoms with Gasteiger partial charge in [-0.05, 0) is 46.0 Å². The molecule has 0 saturated heterocycles. The topological polar surface area (TPSA) is 47.4 Å². The Balaban J connectivity index is 1.16. The average Bonchev–Trinajstić information content (AvgIpc) is 3.49. The Morgan fingerprint density at radius 1 is 0.588 bits per heavy atom. The van der Waals surface area contributed by atoms with Crippen molar-refractivity contribution in [3.05, 3.63) is 215 Å². The highest BCUT2D eigenvalue weighted by atomic mass is 16.5. The first-order valence-electron chi connectivity index (χ1n) is 17.6. The molecule has 3 heterocycles. The van der Waals surface area contributed by atoms with Crippen LogP contribution in [0.5, 0.6) is 11.5 Å². The van der Waals surface area contributed by atoms with Crippen molar-refractivity contribution in [1.82, 2.24) is 9.97 Å². The van der Waals surface area contributed by atoms with Crippen LogP contribution in [0.1, 0.15) is 56.9 Å². The van der Waals surface area contributed by atoms with Gasteiger partial charge >= 0.3 is 0 Å². The van der Waals surface area contributed by atoms with Gasteiger partial charge in [0.2, 0.25) is 0 Å². The Kier molecular flexibility index (Phi) is 6.88. The van der Waals surface area contributed by atoms with E-state index in [9.17, 15) is 0 Å². The zero-order chi connectivity index (χ0) is 33.8. The number of aliphatic imine (C=N–C) groups is 1. The number of rotatable bonds is 5. The number of dihydropyridines is 1. The lowest BCUT2D eigenvalue weighted by Gasteiger charge is -2.40. The molecule has 3 aliphatic rings. The van der Waals surface area contributed by atoms with Crippen molar-refractivity contribution in [3.8, 4) is 33.9 Å². The lowest BCUT2D eigenvalue weighted by atomic mass is 9.65. The molecule has 1 aromatic heterocycles. The van der Waals surface area contributed by atoms with Gasteiger partial charge in [-0.2, -0.15) is 0 Å². The smallest absolute Gasteiger partial charge is 0.138 e. The molecular formula is C47H33N3O. The Morgan fingerprint density at radius 2 is 1.24 bits per heavy atom. The molecule has 2 unspecified atom stereocenters. The number of ether oxygens (including phenoxy) is 1. The Morgan fingerprint density at radius 3 is 2.00 bits per heavy atom. The van der Waals surface area contributed by atoms with Crippen LogP contribution >= 0.6 is 0 Å². The van der Waals surface area contributed by atoms with Gasteiger partial charge in [0.05, 0.1) is 23.1 Å². The predicted octanol–water partition coefficient (Wildman–Crippen LogP) is 10.7. The van der Waals surface area contributed by atoms with Gasteiger partial charge in [-0.15, -0.1) is 0 Å². The average molecular weight is 656 g/mol. The lowest BCUT2D eigenvalue weighted by molar-refractivity contribution is 0.423. The minimum atomic E-state index is -0.538.